The van der Waals surface area contributed by atoms with Crippen LogP contribution in [0.1, 0.15) is 46.6 Å². The number of ether oxygens (including phenoxy) is 1. The molecule has 29 heavy (non-hydrogen) atoms. The van der Waals surface area contributed by atoms with Gasteiger partial charge < -0.3 is 20.3 Å². The van der Waals surface area contributed by atoms with Gasteiger partial charge in [0, 0.05) is 31.6 Å². The van der Waals surface area contributed by atoms with Crippen LogP contribution in [-0.4, -0.2) is 49.0 Å². The summed E-state index contributed by atoms with van der Waals surface area (Å²) in [5.74, 6) is 2.45. The van der Waals surface area contributed by atoms with Crippen LogP contribution in [0.4, 0.5) is 0 Å². The van der Waals surface area contributed by atoms with Gasteiger partial charge in [-0.2, -0.15) is 0 Å². The molecule has 0 aliphatic carbocycles. The second-order valence-corrected chi connectivity index (χ2v) is 8.12. The van der Waals surface area contributed by atoms with Gasteiger partial charge >= 0.3 is 0 Å². The molecule has 2 rings (SSSR count). The van der Waals surface area contributed by atoms with E-state index < -0.39 is 0 Å². The molecule has 0 aromatic heterocycles. The Bertz CT molecular complexity index is 664. The third kappa shape index (κ3) is 8.80. The van der Waals surface area contributed by atoms with Gasteiger partial charge in [-0.05, 0) is 37.0 Å². The molecular formula is C22H37IN4O2. The van der Waals surface area contributed by atoms with Crippen molar-refractivity contribution in [1.29, 1.82) is 0 Å². The van der Waals surface area contributed by atoms with E-state index in [4.69, 9.17) is 9.73 Å². The maximum atomic E-state index is 12.2. The van der Waals surface area contributed by atoms with E-state index in [0.717, 1.165) is 43.3 Å². The molecule has 1 atom stereocenters. The van der Waals surface area contributed by atoms with Gasteiger partial charge in [0.1, 0.15) is 5.75 Å². The topological polar surface area (TPSA) is 66.0 Å². The summed E-state index contributed by atoms with van der Waals surface area (Å²) in [5, 5.41) is 6.78. The van der Waals surface area contributed by atoms with Crippen molar-refractivity contribution in [2.45, 2.75) is 53.6 Å². The lowest BCUT2D eigenvalue weighted by atomic mass is 10.2. The molecule has 6 nitrogen and oxygen atoms in total. The van der Waals surface area contributed by atoms with Gasteiger partial charge in [0.2, 0.25) is 5.91 Å². The van der Waals surface area contributed by atoms with Crippen molar-refractivity contribution in [3.8, 4) is 5.75 Å². The van der Waals surface area contributed by atoms with Gasteiger partial charge in [0.25, 0.3) is 0 Å². The number of likely N-dealkylation sites (tertiary alicyclic amines) is 1. The smallest absolute Gasteiger partial charge is 0.225 e. The van der Waals surface area contributed by atoms with E-state index in [1.54, 1.807) is 0 Å². The molecule has 1 heterocycles. The zero-order chi connectivity index (χ0) is 20.5. The highest BCUT2D eigenvalue weighted by molar-refractivity contribution is 14.0. The first-order chi connectivity index (χ1) is 13.4. The Balaban J connectivity index is 0.00000420. The molecule has 0 bridgehead atoms. The van der Waals surface area contributed by atoms with Gasteiger partial charge in [-0.1, -0.05) is 39.8 Å². The van der Waals surface area contributed by atoms with E-state index in [1.165, 1.54) is 0 Å². The fourth-order valence-electron chi connectivity index (χ4n) is 3.12. The van der Waals surface area contributed by atoms with Crippen molar-refractivity contribution >= 4 is 35.8 Å². The second kappa shape index (κ2) is 12.9. The summed E-state index contributed by atoms with van der Waals surface area (Å²) < 4.78 is 5.81. The molecule has 2 N–H and O–H groups in total. The molecule has 1 aromatic carbocycles. The number of nitrogens with zero attached hydrogens (tertiary/aromatic N) is 2. The minimum atomic E-state index is 0. The Morgan fingerprint density at radius 3 is 2.72 bits per heavy atom. The number of carbonyl (C=O) groups is 1. The summed E-state index contributed by atoms with van der Waals surface area (Å²) in [4.78, 5) is 18.9. The molecule has 0 saturated carbocycles. The number of rotatable bonds is 8. The van der Waals surface area contributed by atoms with E-state index in [-0.39, 0.29) is 41.8 Å². The second-order valence-electron chi connectivity index (χ2n) is 8.12. The number of nitrogens with one attached hydrogen (secondary N) is 2. The minimum absolute atomic E-state index is 0. The van der Waals surface area contributed by atoms with Crippen LogP contribution in [0.15, 0.2) is 29.3 Å². The van der Waals surface area contributed by atoms with Crippen LogP contribution in [0.3, 0.4) is 0 Å². The molecule has 1 saturated heterocycles. The van der Waals surface area contributed by atoms with Crippen LogP contribution in [0.5, 0.6) is 5.75 Å². The SMILES string of the molecule is CCNC(=NCc1cccc(OCC(C)C)c1)NC1CCN(C(=O)C(C)C)C1.I. The van der Waals surface area contributed by atoms with E-state index in [9.17, 15) is 4.79 Å². The maximum absolute atomic E-state index is 12.2. The fraction of sp³-hybridized carbons (Fsp3) is 0.636. The lowest BCUT2D eigenvalue weighted by molar-refractivity contribution is -0.133. The molecule has 1 aromatic rings. The van der Waals surface area contributed by atoms with E-state index in [1.807, 2.05) is 36.9 Å². The number of aliphatic imine (C=N–C) groups is 1. The Kier molecular flexibility index (Phi) is 11.4. The van der Waals surface area contributed by atoms with Crippen molar-refractivity contribution in [1.82, 2.24) is 15.5 Å². The quantitative estimate of drug-likeness (QED) is 0.315. The van der Waals surface area contributed by atoms with E-state index in [0.29, 0.717) is 19.1 Å². The summed E-state index contributed by atoms with van der Waals surface area (Å²) in [6.45, 7) is 13.9. The summed E-state index contributed by atoms with van der Waals surface area (Å²) in [6.07, 6.45) is 0.946. The standard InChI is InChI=1S/C22H36N4O2.HI/c1-6-23-22(25-19-10-11-26(14-19)21(27)17(4)5)24-13-18-8-7-9-20(12-18)28-15-16(2)3;/h7-9,12,16-17,19H,6,10-11,13-15H2,1-5H3,(H2,23,24,25);1H. The number of guanidine groups is 1. The lowest BCUT2D eigenvalue weighted by Crippen LogP contribution is -2.45. The molecular weight excluding hydrogens is 479 g/mol. The van der Waals surface area contributed by atoms with Gasteiger partial charge in [0.05, 0.1) is 13.2 Å². The highest BCUT2D eigenvalue weighted by Crippen LogP contribution is 2.16. The molecule has 7 heteroatoms. The third-order valence-corrected chi connectivity index (χ3v) is 4.58. The van der Waals surface area contributed by atoms with Crippen molar-refractivity contribution in [3.63, 3.8) is 0 Å². The van der Waals surface area contributed by atoms with E-state index in [2.05, 4.69) is 37.5 Å². The summed E-state index contributed by atoms with van der Waals surface area (Å²) in [7, 11) is 0. The first kappa shape index (κ1) is 25.5. The Morgan fingerprint density at radius 2 is 2.07 bits per heavy atom. The molecule has 164 valence electrons. The third-order valence-electron chi connectivity index (χ3n) is 4.58. The maximum Gasteiger partial charge on any atom is 0.225 e. The van der Waals surface area contributed by atoms with Crippen molar-refractivity contribution in [2.75, 3.05) is 26.2 Å². The van der Waals surface area contributed by atoms with Crippen LogP contribution in [0.2, 0.25) is 0 Å². The number of halogens is 1. The Morgan fingerprint density at radius 1 is 1.31 bits per heavy atom. The van der Waals surface area contributed by atoms with Crippen molar-refractivity contribution < 1.29 is 9.53 Å². The van der Waals surface area contributed by atoms with Crippen LogP contribution in [-0.2, 0) is 11.3 Å². The first-order valence-corrected chi connectivity index (χ1v) is 10.4. The predicted octanol–water partition coefficient (Wildman–Crippen LogP) is 3.65. The number of amides is 1. The van der Waals surface area contributed by atoms with Crippen molar-refractivity contribution in [2.24, 2.45) is 16.8 Å². The molecule has 1 fully saturated rings. The number of benzene rings is 1. The predicted molar refractivity (Wildman–Crippen MR) is 130 cm³/mol. The van der Waals surface area contributed by atoms with Crippen LogP contribution < -0.4 is 15.4 Å². The molecule has 0 spiro atoms. The fourth-order valence-corrected chi connectivity index (χ4v) is 3.12. The zero-order valence-corrected chi connectivity index (χ0v) is 20.7. The van der Waals surface area contributed by atoms with Crippen LogP contribution in [0.25, 0.3) is 0 Å². The van der Waals surface area contributed by atoms with Crippen LogP contribution >= 0.6 is 24.0 Å². The van der Waals surface area contributed by atoms with Gasteiger partial charge in [0.15, 0.2) is 5.96 Å². The lowest BCUT2D eigenvalue weighted by Gasteiger charge is -2.20. The van der Waals surface area contributed by atoms with Crippen molar-refractivity contribution in [3.05, 3.63) is 29.8 Å². The highest BCUT2D eigenvalue weighted by Gasteiger charge is 2.27. The zero-order valence-electron chi connectivity index (χ0n) is 18.4. The van der Waals surface area contributed by atoms with Gasteiger partial charge in [-0.15, -0.1) is 24.0 Å². The number of hydrogen-bond acceptors (Lipinski definition) is 3. The number of carbonyl (C=O) groups excluding carboxylic acids is 1. The molecule has 1 amide bonds. The molecule has 0 radical (unpaired) electrons. The number of hydrogen-bond donors (Lipinski definition) is 2. The van der Waals surface area contributed by atoms with Gasteiger partial charge in [-0.3, -0.25) is 4.79 Å². The molecule has 1 aliphatic rings. The average Bonchev–Trinajstić information content (AvgIpc) is 3.12. The Labute approximate surface area is 192 Å². The highest BCUT2D eigenvalue weighted by atomic mass is 127. The minimum Gasteiger partial charge on any atom is -0.493 e. The molecule has 1 unspecified atom stereocenters. The first-order valence-electron chi connectivity index (χ1n) is 10.4. The van der Waals surface area contributed by atoms with Crippen LogP contribution in [0, 0.1) is 11.8 Å². The summed E-state index contributed by atoms with van der Waals surface area (Å²) >= 11 is 0. The summed E-state index contributed by atoms with van der Waals surface area (Å²) in [6, 6.07) is 8.34. The average molecular weight is 516 g/mol. The Hall–Kier alpha value is -1.51. The largest absolute Gasteiger partial charge is 0.493 e. The van der Waals surface area contributed by atoms with E-state index >= 15 is 0 Å². The normalized spacial score (nSPS) is 16.7. The molecule has 1 aliphatic heterocycles. The monoisotopic (exact) mass is 516 g/mol. The van der Waals surface area contributed by atoms with Gasteiger partial charge in [-0.25, -0.2) is 4.99 Å². The summed E-state index contributed by atoms with van der Waals surface area (Å²) in [5.41, 5.74) is 1.11.